The van der Waals surface area contributed by atoms with E-state index >= 15 is 0 Å². The molecule has 0 unspecified atom stereocenters. The molecule has 5 nitrogen and oxygen atoms in total. The van der Waals surface area contributed by atoms with Gasteiger partial charge in [-0.15, -0.1) is 0 Å². The van der Waals surface area contributed by atoms with Crippen molar-refractivity contribution in [1.29, 1.82) is 0 Å². The Kier molecular flexibility index (Phi) is 5.29. The van der Waals surface area contributed by atoms with Crippen molar-refractivity contribution in [2.45, 2.75) is 27.2 Å². The van der Waals surface area contributed by atoms with Gasteiger partial charge in [0.05, 0.1) is 10.7 Å². The van der Waals surface area contributed by atoms with E-state index in [1.807, 2.05) is 4.90 Å². The van der Waals surface area contributed by atoms with E-state index in [0.29, 0.717) is 28.2 Å². The summed E-state index contributed by atoms with van der Waals surface area (Å²) >= 11 is 6.11. The fourth-order valence-electron chi connectivity index (χ4n) is 2.92. The Labute approximate surface area is 136 Å². The summed E-state index contributed by atoms with van der Waals surface area (Å²) in [7, 11) is 0. The van der Waals surface area contributed by atoms with Crippen LogP contribution < -0.4 is 10.6 Å². The number of carbonyl (C=O) groups is 2. The second kappa shape index (κ2) is 7.01. The van der Waals surface area contributed by atoms with Crippen molar-refractivity contribution < 1.29 is 9.59 Å². The number of benzene rings is 1. The SMILES string of the molecule is CC(=O)Nc1ccc(NC(=O)N2C[C@H](C)C[C@@H](C)C2)cc1Cl. The lowest BCUT2D eigenvalue weighted by molar-refractivity contribution is -0.114. The number of piperidine rings is 1. The standard InChI is InChI=1S/C16H22ClN3O2/c1-10-6-11(2)9-20(8-10)16(22)19-13-4-5-15(14(17)7-13)18-12(3)21/h4-5,7,10-11H,6,8-9H2,1-3H3,(H,18,21)(H,19,22)/t10-,11-/m1/s1. The summed E-state index contributed by atoms with van der Waals surface area (Å²) in [6.07, 6.45) is 1.15. The second-order valence-electron chi connectivity index (χ2n) is 6.16. The van der Waals surface area contributed by atoms with Gasteiger partial charge in [0.25, 0.3) is 0 Å². The highest BCUT2D eigenvalue weighted by Crippen LogP contribution is 2.26. The van der Waals surface area contributed by atoms with Crippen molar-refractivity contribution in [2.24, 2.45) is 11.8 Å². The zero-order valence-electron chi connectivity index (χ0n) is 13.1. The first-order valence-electron chi connectivity index (χ1n) is 7.48. The number of hydrogen-bond acceptors (Lipinski definition) is 2. The normalized spacial score (nSPS) is 21.4. The first kappa shape index (κ1) is 16.6. The van der Waals surface area contributed by atoms with Crippen LogP contribution in [0.25, 0.3) is 0 Å². The zero-order chi connectivity index (χ0) is 16.3. The van der Waals surface area contributed by atoms with E-state index in [2.05, 4.69) is 24.5 Å². The number of likely N-dealkylation sites (tertiary alicyclic amines) is 1. The van der Waals surface area contributed by atoms with Crippen molar-refractivity contribution in [3.05, 3.63) is 23.2 Å². The average Bonchev–Trinajstić information content (AvgIpc) is 2.40. The lowest BCUT2D eigenvalue weighted by Crippen LogP contribution is -2.44. The smallest absolute Gasteiger partial charge is 0.321 e. The molecule has 2 N–H and O–H groups in total. The summed E-state index contributed by atoms with van der Waals surface area (Å²) in [6.45, 7) is 7.29. The summed E-state index contributed by atoms with van der Waals surface area (Å²) in [5, 5.41) is 5.90. The predicted octanol–water partition coefficient (Wildman–Crippen LogP) is 3.81. The average molecular weight is 324 g/mol. The number of nitrogens with zero attached hydrogens (tertiary/aromatic N) is 1. The van der Waals surface area contributed by atoms with Crippen LogP contribution in [0.15, 0.2) is 18.2 Å². The van der Waals surface area contributed by atoms with Crippen LogP contribution in [0.2, 0.25) is 5.02 Å². The molecule has 1 aliphatic rings. The predicted molar refractivity (Wildman–Crippen MR) is 89.3 cm³/mol. The molecular formula is C16H22ClN3O2. The fraction of sp³-hybridized carbons (Fsp3) is 0.500. The molecule has 120 valence electrons. The number of rotatable bonds is 2. The van der Waals surface area contributed by atoms with Crippen molar-refractivity contribution in [2.75, 3.05) is 23.7 Å². The first-order valence-corrected chi connectivity index (χ1v) is 7.86. The molecule has 1 aromatic carbocycles. The summed E-state index contributed by atoms with van der Waals surface area (Å²) in [4.78, 5) is 25.2. The molecule has 0 aromatic heterocycles. The van der Waals surface area contributed by atoms with Crippen LogP contribution in [0, 0.1) is 11.8 Å². The maximum atomic E-state index is 12.3. The third-order valence-electron chi connectivity index (χ3n) is 3.69. The van der Waals surface area contributed by atoms with Crippen LogP contribution in [0.3, 0.4) is 0 Å². The van der Waals surface area contributed by atoms with Gasteiger partial charge in [-0.05, 0) is 36.5 Å². The van der Waals surface area contributed by atoms with E-state index < -0.39 is 0 Å². The maximum Gasteiger partial charge on any atom is 0.321 e. The van der Waals surface area contributed by atoms with E-state index in [1.165, 1.54) is 6.92 Å². The quantitative estimate of drug-likeness (QED) is 0.869. The largest absolute Gasteiger partial charge is 0.325 e. The molecule has 0 aliphatic carbocycles. The summed E-state index contributed by atoms with van der Waals surface area (Å²) < 4.78 is 0. The number of hydrogen-bond donors (Lipinski definition) is 2. The Hall–Kier alpha value is -1.75. The van der Waals surface area contributed by atoms with Gasteiger partial charge in [0.1, 0.15) is 0 Å². The van der Waals surface area contributed by atoms with E-state index in [4.69, 9.17) is 11.6 Å². The monoisotopic (exact) mass is 323 g/mol. The van der Waals surface area contributed by atoms with Gasteiger partial charge in [0, 0.05) is 25.7 Å². The third kappa shape index (κ3) is 4.37. The zero-order valence-corrected chi connectivity index (χ0v) is 13.9. The number of amides is 3. The summed E-state index contributed by atoms with van der Waals surface area (Å²) in [5.74, 6) is 0.843. The Morgan fingerprint density at radius 3 is 2.36 bits per heavy atom. The molecule has 0 saturated carbocycles. The molecule has 1 saturated heterocycles. The molecule has 2 atom stereocenters. The topological polar surface area (TPSA) is 61.4 Å². The van der Waals surface area contributed by atoms with Gasteiger partial charge < -0.3 is 15.5 Å². The van der Waals surface area contributed by atoms with Crippen LogP contribution in [-0.4, -0.2) is 29.9 Å². The van der Waals surface area contributed by atoms with Crippen molar-refractivity contribution >= 4 is 34.9 Å². The maximum absolute atomic E-state index is 12.3. The molecule has 0 radical (unpaired) electrons. The molecule has 1 aliphatic heterocycles. The lowest BCUT2D eigenvalue weighted by atomic mass is 9.92. The molecule has 22 heavy (non-hydrogen) atoms. The van der Waals surface area contributed by atoms with Crippen LogP contribution in [0.1, 0.15) is 27.2 Å². The second-order valence-corrected chi connectivity index (χ2v) is 6.56. The third-order valence-corrected chi connectivity index (χ3v) is 4.00. The number of halogens is 1. The highest BCUT2D eigenvalue weighted by molar-refractivity contribution is 6.34. The summed E-state index contributed by atoms with van der Waals surface area (Å²) in [6, 6.07) is 4.94. The van der Waals surface area contributed by atoms with Gasteiger partial charge in [0.15, 0.2) is 0 Å². The minimum absolute atomic E-state index is 0.109. The van der Waals surface area contributed by atoms with Gasteiger partial charge in [0.2, 0.25) is 5.91 Å². The van der Waals surface area contributed by atoms with E-state index in [1.54, 1.807) is 18.2 Å². The molecule has 2 rings (SSSR count). The van der Waals surface area contributed by atoms with Gasteiger partial charge in [-0.1, -0.05) is 25.4 Å². The molecule has 1 fully saturated rings. The minimum Gasteiger partial charge on any atom is -0.325 e. The number of nitrogens with one attached hydrogen (secondary N) is 2. The first-order chi connectivity index (χ1) is 10.3. The number of carbonyl (C=O) groups excluding carboxylic acids is 2. The van der Waals surface area contributed by atoms with Crippen LogP contribution in [-0.2, 0) is 4.79 Å². The highest BCUT2D eigenvalue weighted by atomic mass is 35.5. The molecule has 1 heterocycles. The lowest BCUT2D eigenvalue weighted by Gasteiger charge is -2.34. The van der Waals surface area contributed by atoms with Crippen LogP contribution in [0.5, 0.6) is 0 Å². The van der Waals surface area contributed by atoms with Crippen molar-refractivity contribution in [3.63, 3.8) is 0 Å². The van der Waals surface area contributed by atoms with E-state index in [0.717, 1.165) is 19.5 Å². The summed E-state index contributed by atoms with van der Waals surface area (Å²) in [5.41, 5.74) is 1.15. The fourth-order valence-corrected chi connectivity index (χ4v) is 3.14. The van der Waals surface area contributed by atoms with Crippen molar-refractivity contribution in [3.8, 4) is 0 Å². The van der Waals surface area contributed by atoms with Crippen molar-refractivity contribution in [1.82, 2.24) is 4.90 Å². The molecule has 0 bridgehead atoms. The van der Waals surface area contributed by atoms with E-state index in [-0.39, 0.29) is 11.9 Å². The van der Waals surface area contributed by atoms with Crippen LogP contribution >= 0.6 is 11.6 Å². The van der Waals surface area contributed by atoms with Gasteiger partial charge >= 0.3 is 6.03 Å². The molecule has 0 spiro atoms. The van der Waals surface area contributed by atoms with E-state index in [9.17, 15) is 9.59 Å². The van der Waals surface area contributed by atoms with Gasteiger partial charge in [-0.3, -0.25) is 4.79 Å². The molecule has 3 amide bonds. The number of urea groups is 1. The molecule has 1 aromatic rings. The molecular weight excluding hydrogens is 302 g/mol. The Balaban J connectivity index is 2.02. The molecule has 6 heteroatoms. The number of anilines is 2. The highest BCUT2D eigenvalue weighted by Gasteiger charge is 2.25. The Morgan fingerprint density at radius 1 is 1.18 bits per heavy atom. The van der Waals surface area contributed by atoms with Gasteiger partial charge in [-0.2, -0.15) is 0 Å². The minimum atomic E-state index is -0.185. The van der Waals surface area contributed by atoms with Crippen LogP contribution in [0.4, 0.5) is 16.2 Å². The van der Waals surface area contributed by atoms with Gasteiger partial charge in [-0.25, -0.2) is 4.79 Å². The Bertz CT molecular complexity index is 567. The Morgan fingerprint density at radius 2 is 1.82 bits per heavy atom.